The van der Waals surface area contributed by atoms with Crippen LogP contribution in [0.15, 0.2) is 28.2 Å². The number of H-pyrrole nitrogens is 1. The largest absolute Gasteiger partial charge is 0.465 e. The molecule has 0 unspecified atom stereocenters. The first-order valence-corrected chi connectivity index (χ1v) is 8.51. The lowest BCUT2D eigenvalue weighted by atomic mass is 10.1. The number of aromatic nitrogens is 3. The summed E-state index contributed by atoms with van der Waals surface area (Å²) in [7, 11) is 2.42. The van der Waals surface area contributed by atoms with Gasteiger partial charge in [0.1, 0.15) is 5.69 Å². The first-order valence-electron chi connectivity index (χ1n) is 7.52. The van der Waals surface area contributed by atoms with Crippen LogP contribution in [-0.2, 0) is 14.3 Å². The van der Waals surface area contributed by atoms with Crippen LogP contribution in [0.25, 0.3) is 0 Å². The third-order valence-corrected chi connectivity index (χ3v) is 4.16. The van der Waals surface area contributed by atoms with Gasteiger partial charge in [0.2, 0.25) is 5.91 Å². The fourth-order valence-corrected chi connectivity index (χ4v) is 2.55. The molecule has 0 spiro atoms. The van der Waals surface area contributed by atoms with Crippen molar-refractivity contribution in [2.75, 3.05) is 25.3 Å². The summed E-state index contributed by atoms with van der Waals surface area (Å²) in [6.45, 7) is 1.51. The predicted molar refractivity (Wildman–Crippen MR) is 95.9 cm³/mol. The number of anilines is 1. The van der Waals surface area contributed by atoms with Crippen molar-refractivity contribution in [2.45, 2.75) is 12.1 Å². The van der Waals surface area contributed by atoms with E-state index in [1.807, 2.05) is 0 Å². The lowest BCUT2D eigenvalue weighted by molar-refractivity contribution is -0.113. The van der Waals surface area contributed by atoms with E-state index in [0.29, 0.717) is 0 Å². The SMILES string of the molecule is COC(=O)c1ccc(C(=O)OC)c(NC(=O)CSc2nnc(C)c(=O)[nH]2)c1. The zero-order valence-corrected chi connectivity index (χ0v) is 15.5. The number of methoxy groups -OCH3 is 2. The summed E-state index contributed by atoms with van der Waals surface area (Å²) in [6, 6.07) is 4.05. The van der Waals surface area contributed by atoms with Crippen LogP contribution in [-0.4, -0.2) is 53.0 Å². The number of carbonyl (C=O) groups is 3. The van der Waals surface area contributed by atoms with Crippen molar-refractivity contribution < 1.29 is 23.9 Å². The van der Waals surface area contributed by atoms with E-state index in [1.165, 1.54) is 39.3 Å². The molecule has 2 rings (SSSR count). The lowest BCUT2D eigenvalue weighted by Crippen LogP contribution is -2.19. The number of esters is 2. The number of aromatic amines is 1. The van der Waals surface area contributed by atoms with Gasteiger partial charge in [0.25, 0.3) is 5.56 Å². The van der Waals surface area contributed by atoms with Gasteiger partial charge < -0.3 is 14.8 Å². The second kappa shape index (κ2) is 8.94. The maximum atomic E-state index is 12.2. The molecule has 11 heteroatoms. The quantitative estimate of drug-likeness (QED) is 0.539. The van der Waals surface area contributed by atoms with Gasteiger partial charge in [0.15, 0.2) is 5.16 Å². The molecule has 0 saturated heterocycles. The van der Waals surface area contributed by atoms with Crippen LogP contribution in [0.3, 0.4) is 0 Å². The van der Waals surface area contributed by atoms with Crippen LogP contribution in [0.2, 0.25) is 0 Å². The highest BCUT2D eigenvalue weighted by Crippen LogP contribution is 2.20. The van der Waals surface area contributed by atoms with Crippen molar-refractivity contribution in [3.63, 3.8) is 0 Å². The van der Waals surface area contributed by atoms with Crippen LogP contribution in [0.4, 0.5) is 5.69 Å². The Hall–Kier alpha value is -3.21. The topological polar surface area (TPSA) is 140 Å². The molecular weight excluding hydrogens is 376 g/mol. The molecule has 0 aliphatic heterocycles. The highest BCUT2D eigenvalue weighted by atomic mass is 32.2. The van der Waals surface area contributed by atoms with Crippen LogP contribution in [0.1, 0.15) is 26.4 Å². The number of rotatable bonds is 6. The Morgan fingerprint density at radius 2 is 1.85 bits per heavy atom. The zero-order chi connectivity index (χ0) is 20.0. The molecule has 1 aromatic heterocycles. The molecule has 1 amide bonds. The Labute approximate surface area is 157 Å². The summed E-state index contributed by atoms with van der Waals surface area (Å²) < 4.78 is 9.30. The molecule has 2 N–H and O–H groups in total. The first-order chi connectivity index (χ1) is 12.8. The van der Waals surface area contributed by atoms with E-state index in [9.17, 15) is 19.2 Å². The Morgan fingerprint density at radius 1 is 1.15 bits per heavy atom. The van der Waals surface area contributed by atoms with Gasteiger partial charge in [0.05, 0.1) is 36.8 Å². The summed E-state index contributed by atoms with van der Waals surface area (Å²) in [4.78, 5) is 49.7. The number of thioether (sulfide) groups is 1. The molecule has 0 aliphatic rings. The number of amides is 1. The van der Waals surface area contributed by atoms with Crippen LogP contribution in [0, 0.1) is 6.92 Å². The van der Waals surface area contributed by atoms with Gasteiger partial charge in [-0.05, 0) is 25.1 Å². The Bertz CT molecular complexity index is 943. The van der Waals surface area contributed by atoms with Gasteiger partial charge in [-0.25, -0.2) is 9.59 Å². The van der Waals surface area contributed by atoms with Crippen molar-refractivity contribution in [1.29, 1.82) is 0 Å². The fraction of sp³-hybridized carbons (Fsp3) is 0.250. The standard InChI is InChI=1S/C16H16N4O6S/c1-8-13(22)18-16(20-19-8)27-7-12(21)17-11-6-9(14(23)25-2)4-5-10(11)15(24)26-3/h4-6H,7H2,1-3H3,(H,17,21)(H,18,20,22). The number of aryl methyl sites for hydroxylation is 1. The molecule has 0 saturated carbocycles. The van der Waals surface area contributed by atoms with E-state index < -0.39 is 23.4 Å². The summed E-state index contributed by atoms with van der Waals surface area (Å²) in [5.41, 5.74) is 0.144. The minimum absolute atomic E-state index is 0.0760. The highest BCUT2D eigenvalue weighted by Gasteiger charge is 2.17. The molecule has 0 bridgehead atoms. The molecule has 1 aromatic carbocycles. The van der Waals surface area contributed by atoms with Crippen LogP contribution in [0.5, 0.6) is 0 Å². The van der Waals surface area contributed by atoms with Crippen molar-refractivity contribution in [3.05, 3.63) is 45.4 Å². The number of carbonyl (C=O) groups excluding carboxylic acids is 3. The second-order valence-corrected chi connectivity index (χ2v) is 6.09. The molecule has 0 radical (unpaired) electrons. The van der Waals surface area contributed by atoms with Gasteiger partial charge in [0, 0.05) is 0 Å². The van der Waals surface area contributed by atoms with Crippen molar-refractivity contribution in [2.24, 2.45) is 0 Å². The van der Waals surface area contributed by atoms with E-state index in [2.05, 4.69) is 30.0 Å². The first kappa shape index (κ1) is 20.1. The Morgan fingerprint density at radius 3 is 2.48 bits per heavy atom. The number of nitrogens with zero attached hydrogens (tertiary/aromatic N) is 2. The van der Waals surface area contributed by atoms with Crippen molar-refractivity contribution in [3.8, 4) is 0 Å². The van der Waals surface area contributed by atoms with Crippen LogP contribution >= 0.6 is 11.8 Å². The molecule has 0 atom stereocenters. The lowest BCUT2D eigenvalue weighted by Gasteiger charge is -2.11. The molecular formula is C16H16N4O6S. The smallest absolute Gasteiger partial charge is 0.339 e. The Kier molecular flexibility index (Phi) is 6.66. The van der Waals surface area contributed by atoms with E-state index in [-0.39, 0.29) is 33.4 Å². The predicted octanol–water partition coefficient (Wildman–Crippen LogP) is 0.777. The summed E-state index contributed by atoms with van der Waals surface area (Å²) in [5.74, 6) is -1.90. The molecule has 142 valence electrons. The zero-order valence-electron chi connectivity index (χ0n) is 14.7. The number of hydrogen-bond donors (Lipinski definition) is 2. The van der Waals surface area contributed by atoms with E-state index in [1.54, 1.807) is 0 Å². The Balaban J connectivity index is 2.16. The molecule has 1 heterocycles. The molecule has 10 nitrogen and oxygen atoms in total. The maximum absolute atomic E-state index is 12.2. The summed E-state index contributed by atoms with van der Waals surface area (Å²) >= 11 is 0.957. The minimum Gasteiger partial charge on any atom is -0.465 e. The van der Waals surface area contributed by atoms with E-state index in [0.717, 1.165) is 11.8 Å². The summed E-state index contributed by atoms with van der Waals surface area (Å²) in [5, 5.41) is 10.1. The third-order valence-electron chi connectivity index (χ3n) is 3.30. The maximum Gasteiger partial charge on any atom is 0.339 e. The fourth-order valence-electron chi connectivity index (χ4n) is 1.94. The number of nitrogens with one attached hydrogen (secondary N) is 2. The van der Waals surface area contributed by atoms with Crippen molar-refractivity contribution >= 4 is 35.3 Å². The average molecular weight is 392 g/mol. The highest BCUT2D eigenvalue weighted by molar-refractivity contribution is 7.99. The van der Waals surface area contributed by atoms with Crippen molar-refractivity contribution in [1.82, 2.24) is 15.2 Å². The van der Waals surface area contributed by atoms with Gasteiger partial charge >= 0.3 is 11.9 Å². The molecule has 2 aromatic rings. The van der Waals surface area contributed by atoms with E-state index >= 15 is 0 Å². The minimum atomic E-state index is -0.678. The van der Waals surface area contributed by atoms with Gasteiger partial charge in [-0.3, -0.25) is 14.6 Å². The van der Waals surface area contributed by atoms with E-state index in [4.69, 9.17) is 0 Å². The van der Waals surface area contributed by atoms with Crippen LogP contribution < -0.4 is 10.9 Å². The monoisotopic (exact) mass is 392 g/mol. The summed E-state index contributed by atoms with van der Waals surface area (Å²) in [6.07, 6.45) is 0. The average Bonchev–Trinajstić information content (AvgIpc) is 2.67. The number of hydrogen-bond acceptors (Lipinski definition) is 9. The van der Waals surface area contributed by atoms with Gasteiger partial charge in [-0.2, -0.15) is 0 Å². The molecule has 0 aliphatic carbocycles. The number of benzene rings is 1. The third kappa shape index (κ3) is 5.14. The second-order valence-electron chi connectivity index (χ2n) is 5.13. The van der Waals surface area contributed by atoms with Gasteiger partial charge in [-0.15, -0.1) is 10.2 Å². The molecule has 27 heavy (non-hydrogen) atoms. The molecule has 0 fully saturated rings. The number of ether oxygens (including phenoxy) is 2. The van der Waals surface area contributed by atoms with Gasteiger partial charge in [-0.1, -0.05) is 11.8 Å². The normalized spacial score (nSPS) is 10.2.